The first-order valence-corrected chi connectivity index (χ1v) is 7.84. The Hall–Kier alpha value is -0.160. The standard InChI is InChI=1S/C15H30N2O2/c1-19-13-6-4-8-15(9-13,11-16)17-14-7-3-2-5-12(14)10-18/h12-14,17-18H,2-11,16H2,1H3. The zero-order valence-corrected chi connectivity index (χ0v) is 12.2. The molecule has 2 fully saturated rings. The van der Waals surface area contributed by atoms with E-state index in [0.29, 0.717) is 31.2 Å². The number of aliphatic hydroxyl groups is 1. The molecule has 4 heteroatoms. The number of hydrogen-bond acceptors (Lipinski definition) is 4. The summed E-state index contributed by atoms with van der Waals surface area (Å²) in [7, 11) is 1.80. The summed E-state index contributed by atoms with van der Waals surface area (Å²) >= 11 is 0. The zero-order valence-electron chi connectivity index (χ0n) is 12.2. The van der Waals surface area contributed by atoms with E-state index in [4.69, 9.17) is 10.5 Å². The van der Waals surface area contributed by atoms with E-state index in [9.17, 15) is 5.11 Å². The van der Waals surface area contributed by atoms with E-state index in [1.807, 2.05) is 0 Å². The van der Waals surface area contributed by atoms with Crippen LogP contribution in [0.2, 0.25) is 0 Å². The van der Waals surface area contributed by atoms with Crippen LogP contribution in [0.15, 0.2) is 0 Å². The molecule has 2 aliphatic carbocycles. The van der Waals surface area contributed by atoms with E-state index in [0.717, 1.165) is 25.7 Å². The highest BCUT2D eigenvalue weighted by atomic mass is 16.5. The van der Waals surface area contributed by atoms with Gasteiger partial charge in [-0.2, -0.15) is 0 Å². The van der Waals surface area contributed by atoms with Crippen LogP contribution < -0.4 is 11.1 Å². The van der Waals surface area contributed by atoms with Crippen molar-refractivity contribution in [2.24, 2.45) is 11.7 Å². The average Bonchev–Trinajstić information content (AvgIpc) is 2.48. The highest BCUT2D eigenvalue weighted by molar-refractivity contribution is 4.98. The summed E-state index contributed by atoms with van der Waals surface area (Å²) in [5.74, 6) is 0.403. The number of hydrogen-bond donors (Lipinski definition) is 3. The van der Waals surface area contributed by atoms with E-state index in [1.54, 1.807) is 7.11 Å². The predicted octanol–water partition coefficient (Wildman–Crippen LogP) is 1.41. The Morgan fingerprint density at radius 2 is 2.05 bits per heavy atom. The molecule has 4 atom stereocenters. The molecule has 0 aromatic heterocycles. The normalized spacial score (nSPS) is 40.3. The van der Waals surface area contributed by atoms with Gasteiger partial charge in [-0.25, -0.2) is 0 Å². The molecular formula is C15H30N2O2. The van der Waals surface area contributed by atoms with Gasteiger partial charge >= 0.3 is 0 Å². The van der Waals surface area contributed by atoms with E-state index >= 15 is 0 Å². The quantitative estimate of drug-likeness (QED) is 0.707. The lowest BCUT2D eigenvalue weighted by Gasteiger charge is -2.45. The van der Waals surface area contributed by atoms with Gasteiger partial charge in [0.25, 0.3) is 0 Å². The first kappa shape index (κ1) is 15.2. The second-order valence-electron chi connectivity index (χ2n) is 6.42. The Bertz CT molecular complexity index is 275. The molecule has 0 bridgehead atoms. The molecule has 0 aromatic rings. The summed E-state index contributed by atoms with van der Waals surface area (Å²) in [5, 5.41) is 13.4. The fourth-order valence-corrected chi connectivity index (χ4v) is 3.89. The van der Waals surface area contributed by atoms with Gasteiger partial charge in [0.1, 0.15) is 0 Å². The Balaban J connectivity index is 2.00. The molecule has 0 heterocycles. The smallest absolute Gasteiger partial charge is 0.0589 e. The SMILES string of the molecule is COC1CCCC(CN)(NC2CCCCC2CO)C1. The monoisotopic (exact) mass is 270 g/mol. The molecular weight excluding hydrogens is 240 g/mol. The van der Waals surface area contributed by atoms with Crippen molar-refractivity contribution in [2.45, 2.75) is 69.1 Å². The third-order valence-electron chi connectivity index (χ3n) is 5.16. The average molecular weight is 270 g/mol. The lowest BCUT2D eigenvalue weighted by atomic mass is 9.77. The van der Waals surface area contributed by atoms with Crippen LogP contribution in [0, 0.1) is 5.92 Å². The zero-order chi connectivity index (χ0) is 13.7. The van der Waals surface area contributed by atoms with Crippen molar-refractivity contribution in [3.05, 3.63) is 0 Å². The minimum absolute atomic E-state index is 0.0222. The predicted molar refractivity (Wildman–Crippen MR) is 77.0 cm³/mol. The Kier molecular flexibility index (Phi) is 5.63. The third kappa shape index (κ3) is 3.69. The number of rotatable bonds is 5. The van der Waals surface area contributed by atoms with Gasteiger partial charge in [-0.3, -0.25) is 0 Å². The van der Waals surface area contributed by atoms with E-state index in [-0.39, 0.29) is 5.54 Å². The molecule has 112 valence electrons. The Morgan fingerprint density at radius 3 is 2.74 bits per heavy atom. The lowest BCUT2D eigenvalue weighted by molar-refractivity contribution is 0.0208. The molecule has 0 aromatic carbocycles. The highest BCUT2D eigenvalue weighted by Gasteiger charge is 2.38. The fraction of sp³-hybridized carbons (Fsp3) is 1.00. The van der Waals surface area contributed by atoms with Crippen molar-refractivity contribution in [3.63, 3.8) is 0 Å². The van der Waals surface area contributed by atoms with Crippen molar-refractivity contribution < 1.29 is 9.84 Å². The third-order valence-corrected chi connectivity index (χ3v) is 5.16. The number of ether oxygens (including phenoxy) is 1. The molecule has 0 aliphatic heterocycles. The molecule has 4 nitrogen and oxygen atoms in total. The Morgan fingerprint density at radius 1 is 1.26 bits per heavy atom. The number of methoxy groups -OCH3 is 1. The van der Waals surface area contributed by atoms with Crippen molar-refractivity contribution >= 4 is 0 Å². The van der Waals surface area contributed by atoms with E-state index in [1.165, 1.54) is 25.7 Å². The highest BCUT2D eigenvalue weighted by Crippen LogP contribution is 2.33. The van der Waals surface area contributed by atoms with Gasteiger partial charge in [0.15, 0.2) is 0 Å². The Labute approximate surface area is 117 Å². The van der Waals surface area contributed by atoms with Crippen LogP contribution in [-0.2, 0) is 4.74 Å². The maximum Gasteiger partial charge on any atom is 0.0589 e. The van der Waals surface area contributed by atoms with Gasteiger partial charge in [-0.05, 0) is 44.4 Å². The molecule has 0 amide bonds. The van der Waals surface area contributed by atoms with Gasteiger partial charge in [-0.1, -0.05) is 12.8 Å². The largest absolute Gasteiger partial charge is 0.396 e. The van der Waals surface area contributed by atoms with Crippen molar-refractivity contribution in [3.8, 4) is 0 Å². The molecule has 2 saturated carbocycles. The van der Waals surface area contributed by atoms with Crippen LogP contribution in [0.3, 0.4) is 0 Å². The second kappa shape index (κ2) is 7.02. The van der Waals surface area contributed by atoms with Crippen molar-refractivity contribution in [1.29, 1.82) is 0 Å². The van der Waals surface area contributed by atoms with Crippen molar-refractivity contribution in [2.75, 3.05) is 20.3 Å². The summed E-state index contributed by atoms with van der Waals surface area (Å²) in [6.45, 7) is 0.966. The summed E-state index contributed by atoms with van der Waals surface area (Å²) in [6.07, 6.45) is 9.64. The molecule has 19 heavy (non-hydrogen) atoms. The second-order valence-corrected chi connectivity index (χ2v) is 6.42. The minimum atomic E-state index is 0.0222. The van der Waals surface area contributed by atoms with Crippen LogP contribution in [0.25, 0.3) is 0 Å². The first-order chi connectivity index (χ1) is 9.23. The maximum absolute atomic E-state index is 9.55. The minimum Gasteiger partial charge on any atom is -0.396 e. The molecule has 4 unspecified atom stereocenters. The van der Waals surface area contributed by atoms with Gasteiger partial charge in [0, 0.05) is 31.8 Å². The van der Waals surface area contributed by atoms with Gasteiger partial charge in [-0.15, -0.1) is 0 Å². The molecule has 0 spiro atoms. The lowest BCUT2D eigenvalue weighted by Crippen LogP contribution is -2.60. The van der Waals surface area contributed by atoms with Gasteiger partial charge in [0.05, 0.1) is 6.10 Å². The summed E-state index contributed by atoms with van der Waals surface area (Å²) < 4.78 is 5.55. The van der Waals surface area contributed by atoms with Crippen LogP contribution in [0.4, 0.5) is 0 Å². The van der Waals surface area contributed by atoms with Crippen LogP contribution >= 0.6 is 0 Å². The van der Waals surface area contributed by atoms with E-state index in [2.05, 4.69) is 5.32 Å². The van der Waals surface area contributed by atoms with Gasteiger partial charge < -0.3 is 20.9 Å². The summed E-state index contributed by atoms with van der Waals surface area (Å²) in [4.78, 5) is 0. The summed E-state index contributed by atoms with van der Waals surface area (Å²) in [5.41, 5.74) is 6.10. The van der Waals surface area contributed by atoms with Crippen LogP contribution in [0.1, 0.15) is 51.4 Å². The van der Waals surface area contributed by atoms with Crippen molar-refractivity contribution in [1.82, 2.24) is 5.32 Å². The first-order valence-electron chi connectivity index (χ1n) is 7.84. The van der Waals surface area contributed by atoms with Gasteiger partial charge in [0.2, 0.25) is 0 Å². The topological polar surface area (TPSA) is 67.5 Å². The van der Waals surface area contributed by atoms with Crippen LogP contribution in [-0.4, -0.2) is 43.1 Å². The number of aliphatic hydroxyl groups excluding tert-OH is 1. The molecule has 4 N–H and O–H groups in total. The molecule has 2 rings (SSSR count). The van der Waals surface area contributed by atoms with Crippen LogP contribution in [0.5, 0.6) is 0 Å². The number of nitrogens with two attached hydrogens (primary N) is 1. The van der Waals surface area contributed by atoms with E-state index < -0.39 is 0 Å². The number of nitrogens with one attached hydrogen (secondary N) is 1. The molecule has 2 aliphatic rings. The molecule has 0 saturated heterocycles. The maximum atomic E-state index is 9.55. The summed E-state index contributed by atoms with van der Waals surface area (Å²) in [6, 6.07) is 0.429. The fourth-order valence-electron chi connectivity index (χ4n) is 3.89. The molecule has 0 radical (unpaired) electrons.